The maximum Gasteiger partial charge on any atom is 0.522 e. The molecule has 4 nitrogen and oxygen atoms in total. The monoisotopic (exact) mass is 261 g/mol. The zero-order valence-electron chi connectivity index (χ0n) is 8.87. The van der Waals surface area contributed by atoms with Gasteiger partial charge < -0.3 is 10.8 Å². The van der Waals surface area contributed by atoms with Gasteiger partial charge in [-0.3, -0.25) is 9.53 Å². The first kappa shape index (κ1) is 15.5. The molecule has 0 heterocycles. The van der Waals surface area contributed by atoms with Gasteiger partial charge in [-0.1, -0.05) is 0 Å². The van der Waals surface area contributed by atoms with Crippen molar-refractivity contribution in [3.05, 3.63) is 0 Å². The van der Waals surface area contributed by atoms with Crippen LogP contribution in [0.5, 0.6) is 0 Å². The topological polar surface area (TPSA) is 72.5 Å². The molecule has 0 saturated carbocycles. The number of aliphatic carboxylic acids is 1. The summed E-state index contributed by atoms with van der Waals surface area (Å²) in [6.07, 6.45) is -4.65. The number of nitrogens with two attached hydrogens (primary N) is 1. The number of hydrogen-bond donors (Lipinski definition) is 2. The van der Waals surface area contributed by atoms with Crippen LogP contribution in [-0.4, -0.2) is 40.6 Å². The van der Waals surface area contributed by atoms with Crippen LogP contribution >= 0.6 is 11.8 Å². The van der Waals surface area contributed by atoms with E-state index in [1.165, 1.54) is 0 Å². The number of ether oxygens (including phenoxy) is 1. The van der Waals surface area contributed by atoms with Crippen LogP contribution in [0, 0.1) is 0 Å². The van der Waals surface area contributed by atoms with Gasteiger partial charge in [-0.25, -0.2) is 0 Å². The Morgan fingerprint density at radius 3 is 2.38 bits per heavy atom. The molecule has 0 bridgehead atoms. The maximum atomic E-state index is 11.6. The van der Waals surface area contributed by atoms with E-state index in [2.05, 4.69) is 4.74 Å². The van der Waals surface area contributed by atoms with E-state index < -0.39 is 29.7 Å². The van der Waals surface area contributed by atoms with Crippen molar-refractivity contribution in [3.63, 3.8) is 0 Å². The lowest BCUT2D eigenvalue weighted by molar-refractivity contribution is -0.322. The standard InChI is InChI=1S/C8H14F3NO3S/c1-7(2,5(12)6(13)14)16-4-3-15-8(9,10)11/h5H,3-4,12H2,1-2H3,(H,13,14)/t5-/m0/s1. The van der Waals surface area contributed by atoms with Gasteiger partial charge in [-0.2, -0.15) is 11.8 Å². The molecule has 0 aliphatic rings. The van der Waals surface area contributed by atoms with Crippen LogP contribution < -0.4 is 5.73 Å². The number of carboxylic acids is 1. The summed E-state index contributed by atoms with van der Waals surface area (Å²) < 4.78 is 37.5. The lowest BCUT2D eigenvalue weighted by Gasteiger charge is -2.27. The van der Waals surface area contributed by atoms with Crippen molar-refractivity contribution in [2.24, 2.45) is 5.73 Å². The Bertz CT molecular complexity index is 245. The maximum absolute atomic E-state index is 11.6. The fraction of sp³-hybridized carbons (Fsp3) is 0.875. The minimum atomic E-state index is -4.65. The average Bonchev–Trinajstić information content (AvgIpc) is 2.09. The largest absolute Gasteiger partial charge is 0.522 e. The molecule has 16 heavy (non-hydrogen) atoms. The minimum absolute atomic E-state index is 0.0213. The zero-order valence-corrected chi connectivity index (χ0v) is 9.69. The van der Waals surface area contributed by atoms with Crippen LogP contribution in [0.2, 0.25) is 0 Å². The van der Waals surface area contributed by atoms with Gasteiger partial charge in [-0.15, -0.1) is 13.2 Å². The molecule has 0 saturated heterocycles. The third-order valence-electron chi connectivity index (χ3n) is 1.84. The second-order valence-corrected chi connectivity index (χ2v) is 5.31. The summed E-state index contributed by atoms with van der Waals surface area (Å²) in [5.74, 6) is -1.16. The SMILES string of the molecule is CC(C)(SCCOC(F)(F)F)[C@@H](N)C(=O)O. The van der Waals surface area contributed by atoms with Gasteiger partial charge in [0.25, 0.3) is 0 Å². The molecule has 1 atom stereocenters. The van der Waals surface area contributed by atoms with Crippen molar-refractivity contribution in [3.8, 4) is 0 Å². The highest BCUT2D eigenvalue weighted by Crippen LogP contribution is 2.28. The molecule has 0 amide bonds. The van der Waals surface area contributed by atoms with E-state index in [0.717, 1.165) is 11.8 Å². The number of alkyl halides is 3. The Morgan fingerprint density at radius 2 is 2.00 bits per heavy atom. The van der Waals surface area contributed by atoms with Crippen LogP contribution in [0.3, 0.4) is 0 Å². The van der Waals surface area contributed by atoms with E-state index in [1.807, 2.05) is 0 Å². The highest BCUT2D eigenvalue weighted by molar-refractivity contribution is 8.00. The van der Waals surface area contributed by atoms with E-state index in [-0.39, 0.29) is 5.75 Å². The first-order chi connectivity index (χ1) is 7.06. The highest BCUT2D eigenvalue weighted by Gasteiger charge is 2.33. The van der Waals surface area contributed by atoms with Gasteiger partial charge in [-0.05, 0) is 13.8 Å². The quantitative estimate of drug-likeness (QED) is 0.708. The molecule has 0 rings (SSSR count). The number of thioether (sulfide) groups is 1. The van der Waals surface area contributed by atoms with Crippen LogP contribution in [0.15, 0.2) is 0 Å². The smallest absolute Gasteiger partial charge is 0.480 e. The molecule has 0 aromatic heterocycles. The van der Waals surface area contributed by atoms with Crippen molar-refractivity contribution >= 4 is 17.7 Å². The second kappa shape index (κ2) is 5.74. The van der Waals surface area contributed by atoms with E-state index in [4.69, 9.17) is 10.8 Å². The molecule has 0 aromatic rings. The molecular formula is C8H14F3NO3S. The predicted molar refractivity (Wildman–Crippen MR) is 54.2 cm³/mol. The Balaban J connectivity index is 3.96. The van der Waals surface area contributed by atoms with Crippen LogP contribution in [0.4, 0.5) is 13.2 Å². The van der Waals surface area contributed by atoms with Crippen LogP contribution in [0.25, 0.3) is 0 Å². The van der Waals surface area contributed by atoms with Crippen molar-refractivity contribution in [1.29, 1.82) is 0 Å². The first-order valence-corrected chi connectivity index (χ1v) is 5.38. The normalized spacial score (nSPS) is 14.9. The van der Waals surface area contributed by atoms with E-state index >= 15 is 0 Å². The summed E-state index contributed by atoms with van der Waals surface area (Å²) in [7, 11) is 0. The number of halogens is 3. The van der Waals surface area contributed by atoms with Crippen LogP contribution in [0.1, 0.15) is 13.8 Å². The summed E-state index contributed by atoms with van der Waals surface area (Å²) in [5, 5.41) is 8.65. The molecule has 3 N–H and O–H groups in total. The van der Waals surface area contributed by atoms with Gasteiger partial charge in [0.15, 0.2) is 0 Å². The fourth-order valence-electron chi connectivity index (χ4n) is 0.849. The molecule has 0 fully saturated rings. The van der Waals surface area contributed by atoms with Gasteiger partial charge in [0.2, 0.25) is 0 Å². The van der Waals surface area contributed by atoms with Gasteiger partial charge in [0.1, 0.15) is 6.04 Å². The minimum Gasteiger partial charge on any atom is -0.480 e. The third kappa shape index (κ3) is 6.19. The number of carbonyl (C=O) groups is 1. The molecule has 0 spiro atoms. The summed E-state index contributed by atoms with van der Waals surface area (Å²) in [6.45, 7) is 2.60. The third-order valence-corrected chi connectivity index (χ3v) is 3.21. The van der Waals surface area contributed by atoms with Crippen molar-refractivity contribution < 1.29 is 27.8 Å². The van der Waals surface area contributed by atoms with E-state index in [9.17, 15) is 18.0 Å². The predicted octanol–water partition coefficient (Wildman–Crippen LogP) is 1.45. The molecule has 0 unspecified atom stereocenters. The summed E-state index contributed by atoms with van der Waals surface area (Å²) in [6, 6.07) is -1.14. The van der Waals surface area contributed by atoms with E-state index in [0.29, 0.717) is 0 Å². The molecule has 0 aromatic carbocycles. The second-order valence-electron chi connectivity index (χ2n) is 3.56. The van der Waals surface area contributed by atoms with Gasteiger partial charge in [0.05, 0.1) is 6.61 Å². The summed E-state index contributed by atoms with van der Waals surface area (Å²) in [4.78, 5) is 10.6. The van der Waals surface area contributed by atoms with Crippen molar-refractivity contribution in [1.82, 2.24) is 0 Å². The van der Waals surface area contributed by atoms with E-state index in [1.54, 1.807) is 13.8 Å². The molecular weight excluding hydrogens is 247 g/mol. The fourth-order valence-corrected chi connectivity index (χ4v) is 1.82. The number of hydrogen-bond acceptors (Lipinski definition) is 4. The Morgan fingerprint density at radius 1 is 1.50 bits per heavy atom. The number of carboxylic acid groups (broad SMARTS) is 1. The van der Waals surface area contributed by atoms with Crippen LogP contribution in [-0.2, 0) is 9.53 Å². The Kier molecular flexibility index (Phi) is 5.57. The lowest BCUT2D eigenvalue weighted by atomic mass is 10.1. The summed E-state index contributed by atoms with van der Waals surface area (Å²) in [5.41, 5.74) is 5.38. The van der Waals surface area contributed by atoms with Crippen molar-refractivity contribution in [2.75, 3.05) is 12.4 Å². The molecule has 0 aliphatic heterocycles. The first-order valence-electron chi connectivity index (χ1n) is 4.39. The van der Waals surface area contributed by atoms with Crippen molar-refractivity contribution in [2.45, 2.75) is 31.0 Å². The lowest BCUT2D eigenvalue weighted by Crippen LogP contribution is -2.47. The summed E-state index contributed by atoms with van der Waals surface area (Å²) >= 11 is 1.02. The average molecular weight is 261 g/mol. The molecule has 0 radical (unpaired) electrons. The van der Waals surface area contributed by atoms with Gasteiger partial charge >= 0.3 is 12.3 Å². The Hall–Kier alpha value is -0.470. The Labute approximate surface area is 95.3 Å². The molecule has 0 aliphatic carbocycles. The highest BCUT2D eigenvalue weighted by atomic mass is 32.2. The van der Waals surface area contributed by atoms with Gasteiger partial charge in [0, 0.05) is 10.5 Å². The molecule has 96 valence electrons. The zero-order chi connectivity index (χ0) is 13.0. The number of rotatable bonds is 6. The molecule has 8 heteroatoms.